The standard InChI is InChI=1S/C18H27NO2S/c1-18(2,3)22-13-14-9-7-8-12-19(14)17(20)15-10-5-6-11-16(15)21-4/h5-6,10-11,14H,7-9,12-13H2,1-4H3/t14-/m1/s1. The molecule has 1 heterocycles. The minimum absolute atomic E-state index is 0.108. The van der Waals surface area contributed by atoms with E-state index in [2.05, 4.69) is 25.7 Å². The third-order valence-electron chi connectivity index (χ3n) is 3.93. The Morgan fingerprint density at radius 1 is 1.32 bits per heavy atom. The zero-order chi connectivity index (χ0) is 16.2. The zero-order valence-corrected chi connectivity index (χ0v) is 14.9. The van der Waals surface area contributed by atoms with E-state index < -0.39 is 0 Å². The maximum Gasteiger partial charge on any atom is 0.257 e. The molecule has 0 saturated carbocycles. The fraction of sp³-hybridized carbons (Fsp3) is 0.611. The van der Waals surface area contributed by atoms with Gasteiger partial charge in [-0.3, -0.25) is 4.79 Å². The Hall–Kier alpha value is -1.16. The fourth-order valence-corrected chi connectivity index (χ4v) is 3.80. The number of thioether (sulfide) groups is 1. The summed E-state index contributed by atoms with van der Waals surface area (Å²) < 4.78 is 5.59. The second-order valence-electron chi connectivity index (χ2n) is 6.77. The van der Waals surface area contributed by atoms with Crippen LogP contribution >= 0.6 is 11.8 Å². The molecule has 0 aliphatic carbocycles. The minimum atomic E-state index is 0.108. The second-order valence-corrected chi connectivity index (χ2v) is 8.62. The Bertz CT molecular complexity index is 510. The minimum Gasteiger partial charge on any atom is -0.496 e. The van der Waals surface area contributed by atoms with E-state index in [-0.39, 0.29) is 10.7 Å². The van der Waals surface area contributed by atoms with Crippen molar-refractivity contribution in [3.63, 3.8) is 0 Å². The molecule has 0 unspecified atom stereocenters. The van der Waals surface area contributed by atoms with Gasteiger partial charge in [-0.05, 0) is 31.4 Å². The molecule has 0 N–H and O–H groups in total. The van der Waals surface area contributed by atoms with Crippen LogP contribution in [-0.4, -0.2) is 41.0 Å². The lowest BCUT2D eigenvalue weighted by Gasteiger charge is -2.37. The number of carbonyl (C=O) groups is 1. The van der Waals surface area contributed by atoms with Gasteiger partial charge in [0.2, 0.25) is 0 Å². The van der Waals surface area contributed by atoms with Crippen LogP contribution in [0.3, 0.4) is 0 Å². The quantitative estimate of drug-likeness (QED) is 0.831. The summed E-state index contributed by atoms with van der Waals surface area (Å²) in [6.07, 6.45) is 3.41. The molecular formula is C18H27NO2S. The summed E-state index contributed by atoms with van der Waals surface area (Å²) in [4.78, 5) is 15.0. The first-order valence-electron chi connectivity index (χ1n) is 8.00. The van der Waals surface area contributed by atoms with E-state index in [1.807, 2.05) is 36.0 Å². The lowest BCUT2D eigenvalue weighted by molar-refractivity contribution is 0.0637. The number of amides is 1. The van der Waals surface area contributed by atoms with Crippen LogP contribution in [0.5, 0.6) is 5.75 Å². The number of hydrogen-bond acceptors (Lipinski definition) is 3. The molecule has 1 aliphatic heterocycles. The largest absolute Gasteiger partial charge is 0.496 e. The average molecular weight is 321 g/mol. The normalized spacial score (nSPS) is 19.1. The zero-order valence-electron chi connectivity index (χ0n) is 14.1. The molecule has 1 saturated heterocycles. The van der Waals surface area contributed by atoms with Crippen LogP contribution in [0, 0.1) is 0 Å². The van der Waals surface area contributed by atoms with Gasteiger partial charge in [0.15, 0.2) is 0 Å². The molecule has 3 nitrogen and oxygen atoms in total. The number of benzene rings is 1. The Kier molecular flexibility index (Phi) is 5.79. The molecule has 1 aliphatic rings. The van der Waals surface area contributed by atoms with Gasteiger partial charge in [0.1, 0.15) is 5.75 Å². The van der Waals surface area contributed by atoms with E-state index in [1.54, 1.807) is 7.11 Å². The third kappa shape index (κ3) is 4.42. The monoisotopic (exact) mass is 321 g/mol. The van der Waals surface area contributed by atoms with E-state index in [0.29, 0.717) is 17.4 Å². The molecule has 1 amide bonds. The lowest BCUT2D eigenvalue weighted by atomic mass is 10.0. The molecule has 2 rings (SSSR count). The van der Waals surface area contributed by atoms with E-state index in [4.69, 9.17) is 4.74 Å². The number of rotatable bonds is 4. The summed E-state index contributed by atoms with van der Waals surface area (Å²) >= 11 is 1.94. The van der Waals surface area contributed by atoms with Gasteiger partial charge >= 0.3 is 0 Å². The van der Waals surface area contributed by atoms with Gasteiger partial charge in [0, 0.05) is 23.1 Å². The average Bonchev–Trinajstić information content (AvgIpc) is 2.51. The summed E-state index contributed by atoms with van der Waals surface area (Å²) in [5, 5.41) is 0. The molecule has 1 aromatic carbocycles. The SMILES string of the molecule is COc1ccccc1C(=O)N1CCCC[C@@H]1CSC(C)(C)C. The summed E-state index contributed by atoms with van der Waals surface area (Å²) in [6, 6.07) is 7.85. The molecule has 1 fully saturated rings. The van der Waals surface area contributed by atoms with Gasteiger partial charge in [-0.1, -0.05) is 32.9 Å². The van der Waals surface area contributed by atoms with Crippen molar-refractivity contribution < 1.29 is 9.53 Å². The van der Waals surface area contributed by atoms with Crippen molar-refractivity contribution in [3.05, 3.63) is 29.8 Å². The predicted molar refractivity (Wildman–Crippen MR) is 93.9 cm³/mol. The Morgan fingerprint density at radius 3 is 2.73 bits per heavy atom. The highest BCUT2D eigenvalue weighted by molar-refractivity contribution is 8.00. The molecule has 0 aromatic heterocycles. The van der Waals surface area contributed by atoms with Crippen LogP contribution in [0.4, 0.5) is 0 Å². The van der Waals surface area contributed by atoms with Gasteiger partial charge in [-0.25, -0.2) is 0 Å². The smallest absolute Gasteiger partial charge is 0.257 e. The number of methoxy groups -OCH3 is 1. The molecule has 0 spiro atoms. The first-order chi connectivity index (χ1) is 10.4. The van der Waals surface area contributed by atoms with Crippen LogP contribution in [0.2, 0.25) is 0 Å². The van der Waals surface area contributed by atoms with E-state index >= 15 is 0 Å². The summed E-state index contributed by atoms with van der Waals surface area (Å²) in [5.41, 5.74) is 0.678. The summed E-state index contributed by atoms with van der Waals surface area (Å²) in [7, 11) is 1.62. The van der Waals surface area contributed by atoms with Crippen LogP contribution < -0.4 is 4.74 Å². The Morgan fingerprint density at radius 2 is 2.05 bits per heavy atom. The molecule has 4 heteroatoms. The maximum atomic E-state index is 13.0. The summed E-state index contributed by atoms with van der Waals surface area (Å²) in [6.45, 7) is 7.54. The molecule has 1 atom stereocenters. The van der Waals surface area contributed by atoms with Crippen molar-refractivity contribution in [2.45, 2.75) is 50.8 Å². The van der Waals surface area contributed by atoms with E-state index in [0.717, 1.165) is 25.1 Å². The maximum absolute atomic E-state index is 13.0. The lowest BCUT2D eigenvalue weighted by Crippen LogP contribution is -2.45. The van der Waals surface area contributed by atoms with Gasteiger partial charge in [0.25, 0.3) is 5.91 Å². The highest BCUT2D eigenvalue weighted by Gasteiger charge is 2.29. The van der Waals surface area contributed by atoms with Gasteiger partial charge < -0.3 is 9.64 Å². The van der Waals surface area contributed by atoms with Gasteiger partial charge in [-0.2, -0.15) is 11.8 Å². The highest BCUT2D eigenvalue weighted by Crippen LogP contribution is 2.30. The molecule has 0 radical (unpaired) electrons. The first kappa shape index (κ1) is 17.2. The van der Waals surface area contributed by atoms with E-state index in [1.165, 1.54) is 6.42 Å². The van der Waals surface area contributed by atoms with E-state index in [9.17, 15) is 4.79 Å². The van der Waals surface area contributed by atoms with Crippen LogP contribution in [-0.2, 0) is 0 Å². The van der Waals surface area contributed by atoms with Crippen LogP contribution in [0.25, 0.3) is 0 Å². The second kappa shape index (κ2) is 7.40. The molecule has 1 aromatic rings. The number of piperidine rings is 1. The number of nitrogens with zero attached hydrogens (tertiary/aromatic N) is 1. The molecule has 22 heavy (non-hydrogen) atoms. The Labute approximate surface area is 138 Å². The number of para-hydroxylation sites is 1. The molecule has 122 valence electrons. The van der Waals surface area contributed by atoms with Crippen LogP contribution in [0.1, 0.15) is 50.4 Å². The number of carbonyl (C=O) groups excluding carboxylic acids is 1. The highest BCUT2D eigenvalue weighted by atomic mass is 32.2. The predicted octanol–water partition coefficient (Wildman–Crippen LogP) is 4.22. The van der Waals surface area contributed by atoms with Crippen LogP contribution in [0.15, 0.2) is 24.3 Å². The third-order valence-corrected chi connectivity index (χ3v) is 5.35. The first-order valence-corrected chi connectivity index (χ1v) is 8.99. The topological polar surface area (TPSA) is 29.5 Å². The van der Waals surface area contributed by atoms with Crippen molar-refractivity contribution in [1.82, 2.24) is 4.90 Å². The van der Waals surface area contributed by atoms with Crippen molar-refractivity contribution in [2.24, 2.45) is 0 Å². The Balaban J connectivity index is 2.14. The van der Waals surface area contributed by atoms with Crippen molar-refractivity contribution >= 4 is 17.7 Å². The molecule has 0 bridgehead atoms. The molecular weight excluding hydrogens is 294 g/mol. The fourth-order valence-electron chi connectivity index (χ4n) is 2.76. The number of hydrogen-bond donors (Lipinski definition) is 0. The van der Waals surface area contributed by atoms with Gasteiger partial charge in [0.05, 0.1) is 12.7 Å². The van der Waals surface area contributed by atoms with Crippen molar-refractivity contribution in [3.8, 4) is 5.75 Å². The van der Waals surface area contributed by atoms with Gasteiger partial charge in [-0.15, -0.1) is 0 Å². The number of ether oxygens (including phenoxy) is 1. The number of likely N-dealkylation sites (tertiary alicyclic amines) is 1. The van der Waals surface area contributed by atoms with Crippen molar-refractivity contribution in [1.29, 1.82) is 0 Å². The van der Waals surface area contributed by atoms with Crippen molar-refractivity contribution in [2.75, 3.05) is 19.4 Å². The summed E-state index contributed by atoms with van der Waals surface area (Å²) in [5.74, 6) is 1.78.